The van der Waals surface area contributed by atoms with Gasteiger partial charge in [-0.25, -0.2) is 0 Å². The molecule has 0 spiro atoms. The number of nitrogens with zero attached hydrogens (tertiary/aromatic N) is 4. The van der Waals surface area contributed by atoms with Gasteiger partial charge in [-0.15, -0.1) is 5.10 Å². The normalized spacial score (nSPS) is 11.2. The van der Waals surface area contributed by atoms with Crippen molar-refractivity contribution < 1.29 is 9.47 Å². The van der Waals surface area contributed by atoms with Crippen LogP contribution in [0.1, 0.15) is 25.8 Å². The third-order valence-electron chi connectivity index (χ3n) is 3.30. The molecule has 0 fully saturated rings. The van der Waals surface area contributed by atoms with E-state index in [0.29, 0.717) is 12.5 Å². The molecule has 0 bridgehead atoms. The van der Waals surface area contributed by atoms with E-state index < -0.39 is 0 Å². The van der Waals surface area contributed by atoms with E-state index in [2.05, 4.69) is 29.4 Å². The summed E-state index contributed by atoms with van der Waals surface area (Å²) in [6, 6.07) is 5.94. The first-order chi connectivity index (χ1) is 11.1. The molecule has 0 saturated carbocycles. The zero-order valence-corrected chi connectivity index (χ0v) is 15.0. The summed E-state index contributed by atoms with van der Waals surface area (Å²) >= 11 is 1.58. The Morgan fingerprint density at radius 2 is 2.09 bits per heavy atom. The average Bonchev–Trinajstić information content (AvgIpc) is 2.98. The molecule has 1 aromatic carbocycles. The quantitative estimate of drug-likeness (QED) is 0.518. The van der Waals surface area contributed by atoms with Crippen LogP contribution >= 0.6 is 11.8 Å². The number of aromatic nitrogens is 4. The van der Waals surface area contributed by atoms with Crippen molar-refractivity contribution >= 4 is 11.8 Å². The molecule has 126 valence electrons. The summed E-state index contributed by atoms with van der Waals surface area (Å²) in [6.45, 7) is 7.91. The van der Waals surface area contributed by atoms with Crippen LogP contribution in [0.5, 0.6) is 5.75 Å². The lowest BCUT2D eigenvalue weighted by molar-refractivity contribution is 0.138. The number of hydrogen-bond acceptors (Lipinski definition) is 6. The average molecular weight is 336 g/mol. The first kappa shape index (κ1) is 17.7. The molecule has 0 amide bonds. The van der Waals surface area contributed by atoms with Crippen molar-refractivity contribution in [2.75, 3.05) is 26.1 Å². The van der Waals surface area contributed by atoms with Gasteiger partial charge in [0.15, 0.2) is 0 Å². The monoisotopic (exact) mass is 336 g/mol. The maximum atomic E-state index is 5.63. The van der Waals surface area contributed by atoms with Gasteiger partial charge in [0.1, 0.15) is 11.4 Å². The molecule has 1 aromatic heterocycles. The van der Waals surface area contributed by atoms with Crippen molar-refractivity contribution in [2.24, 2.45) is 5.92 Å². The molecule has 23 heavy (non-hydrogen) atoms. The highest BCUT2D eigenvalue weighted by molar-refractivity contribution is 7.99. The van der Waals surface area contributed by atoms with Crippen molar-refractivity contribution in [3.63, 3.8) is 0 Å². The van der Waals surface area contributed by atoms with Crippen LogP contribution in [-0.4, -0.2) is 46.3 Å². The summed E-state index contributed by atoms with van der Waals surface area (Å²) in [5.74, 6) is 2.23. The SMILES string of the molecule is COc1ccc(C)cc1-n1nnnc1SCCOCCC(C)C. The molecule has 6 nitrogen and oxygen atoms in total. The fourth-order valence-electron chi connectivity index (χ4n) is 2.00. The third kappa shape index (κ3) is 5.21. The molecule has 7 heteroatoms. The van der Waals surface area contributed by atoms with E-state index in [1.54, 1.807) is 23.6 Å². The van der Waals surface area contributed by atoms with Gasteiger partial charge in [0, 0.05) is 12.4 Å². The molecule has 0 radical (unpaired) electrons. The van der Waals surface area contributed by atoms with Gasteiger partial charge in [-0.1, -0.05) is 31.7 Å². The van der Waals surface area contributed by atoms with Crippen LogP contribution < -0.4 is 4.74 Å². The molecule has 2 rings (SSSR count). The molecule has 0 aliphatic rings. The minimum atomic E-state index is 0.670. The third-order valence-corrected chi connectivity index (χ3v) is 4.19. The standard InChI is InChI=1S/C16H24N4O2S/c1-12(2)7-8-22-9-10-23-16-17-18-19-20(16)14-11-13(3)5-6-15(14)21-4/h5-6,11-12H,7-10H2,1-4H3. The molecule has 0 saturated heterocycles. The van der Waals surface area contributed by atoms with Crippen molar-refractivity contribution in [1.29, 1.82) is 0 Å². The Kier molecular flexibility index (Phi) is 6.85. The number of hydrogen-bond donors (Lipinski definition) is 0. The second-order valence-corrected chi connectivity index (χ2v) is 6.75. The van der Waals surface area contributed by atoms with Gasteiger partial charge in [-0.2, -0.15) is 4.68 Å². The first-order valence-electron chi connectivity index (χ1n) is 7.75. The van der Waals surface area contributed by atoms with Gasteiger partial charge in [-0.3, -0.25) is 0 Å². The van der Waals surface area contributed by atoms with E-state index in [1.807, 2.05) is 25.1 Å². The number of rotatable bonds is 9. The first-order valence-corrected chi connectivity index (χ1v) is 8.74. The summed E-state index contributed by atoms with van der Waals surface area (Å²) in [5.41, 5.74) is 1.98. The fraction of sp³-hybridized carbons (Fsp3) is 0.562. The van der Waals surface area contributed by atoms with Crippen molar-refractivity contribution in [1.82, 2.24) is 20.2 Å². The molecule has 0 N–H and O–H groups in total. The highest BCUT2D eigenvalue weighted by atomic mass is 32.2. The topological polar surface area (TPSA) is 62.1 Å². The highest BCUT2D eigenvalue weighted by Crippen LogP contribution is 2.26. The summed E-state index contributed by atoms with van der Waals surface area (Å²) in [7, 11) is 1.65. The van der Waals surface area contributed by atoms with E-state index in [0.717, 1.165) is 40.9 Å². The Labute approximate surface area is 141 Å². The summed E-state index contributed by atoms with van der Waals surface area (Å²) in [4.78, 5) is 0. The van der Waals surface area contributed by atoms with Gasteiger partial charge in [0.25, 0.3) is 0 Å². The molecule has 0 aliphatic carbocycles. The van der Waals surface area contributed by atoms with Gasteiger partial charge in [0.2, 0.25) is 5.16 Å². The molecule has 2 aromatic rings. The zero-order chi connectivity index (χ0) is 16.7. The van der Waals surface area contributed by atoms with Crippen molar-refractivity contribution in [3.8, 4) is 11.4 Å². The van der Waals surface area contributed by atoms with Gasteiger partial charge in [0.05, 0.1) is 13.7 Å². The summed E-state index contributed by atoms with van der Waals surface area (Å²) < 4.78 is 12.8. The fourth-order valence-corrected chi connectivity index (χ4v) is 2.73. The predicted octanol–water partition coefficient (Wildman–Crippen LogP) is 3.13. The minimum Gasteiger partial charge on any atom is -0.494 e. The van der Waals surface area contributed by atoms with E-state index in [4.69, 9.17) is 9.47 Å². The van der Waals surface area contributed by atoms with Crippen LogP contribution in [0, 0.1) is 12.8 Å². The van der Waals surface area contributed by atoms with Crippen LogP contribution in [0.4, 0.5) is 0 Å². The molecule has 0 unspecified atom stereocenters. The van der Waals surface area contributed by atoms with E-state index in [9.17, 15) is 0 Å². The van der Waals surface area contributed by atoms with Crippen molar-refractivity contribution in [3.05, 3.63) is 23.8 Å². The zero-order valence-electron chi connectivity index (χ0n) is 14.2. The molecule has 1 heterocycles. The minimum absolute atomic E-state index is 0.670. The maximum absolute atomic E-state index is 5.63. The number of benzene rings is 1. The highest BCUT2D eigenvalue weighted by Gasteiger charge is 2.13. The second-order valence-electron chi connectivity index (χ2n) is 5.69. The Hall–Kier alpha value is -1.60. The Balaban J connectivity index is 1.96. The van der Waals surface area contributed by atoms with Crippen LogP contribution in [0.25, 0.3) is 5.69 Å². The van der Waals surface area contributed by atoms with Crippen LogP contribution in [0.2, 0.25) is 0 Å². The number of methoxy groups -OCH3 is 1. The smallest absolute Gasteiger partial charge is 0.214 e. The van der Waals surface area contributed by atoms with E-state index in [-0.39, 0.29) is 0 Å². The van der Waals surface area contributed by atoms with E-state index >= 15 is 0 Å². The second kappa shape index (κ2) is 8.88. The number of aryl methyl sites for hydroxylation is 1. The number of ether oxygens (including phenoxy) is 2. The Bertz CT molecular complexity index is 616. The maximum Gasteiger partial charge on any atom is 0.214 e. The predicted molar refractivity (Wildman–Crippen MR) is 91.4 cm³/mol. The van der Waals surface area contributed by atoms with Gasteiger partial charge in [-0.05, 0) is 47.4 Å². The molecular weight excluding hydrogens is 312 g/mol. The van der Waals surface area contributed by atoms with Crippen molar-refractivity contribution in [2.45, 2.75) is 32.3 Å². The molecule has 0 aliphatic heterocycles. The Morgan fingerprint density at radius 3 is 2.83 bits per heavy atom. The molecule has 0 atom stereocenters. The van der Waals surface area contributed by atoms with Crippen LogP contribution in [0.3, 0.4) is 0 Å². The number of thioether (sulfide) groups is 1. The van der Waals surface area contributed by atoms with Crippen LogP contribution in [-0.2, 0) is 4.74 Å². The largest absolute Gasteiger partial charge is 0.494 e. The summed E-state index contributed by atoms with van der Waals surface area (Å²) in [6.07, 6.45) is 1.09. The number of tetrazole rings is 1. The van der Waals surface area contributed by atoms with Gasteiger partial charge >= 0.3 is 0 Å². The summed E-state index contributed by atoms with van der Waals surface area (Å²) in [5, 5.41) is 12.7. The molecular formula is C16H24N4O2S. The van der Waals surface area contributed by atoms with E-state index in [1.165, 1.54) is 0 Å². The van der Waals surface area contributed by atoms with Crippen LogP contribution in [0.15, 0.2) is 23.4 Å². The Morgan fingerprint density at radius 1 is 1.26 bits per heavy atom. The lowest BCUT2D eigenvalue weighted by Gasteiger charge is -2.10. The van der Waals surface area contributed by atoms with Gasteiger partial charge < -0.3 is 9.47 Å². The lowest BCUT2D eigenvalue weighted by Crippen LogP contribution is -2.05. The lowest BCUT2D eigenvalue weighted by atomic mass is 10.1.